The van der Waals surface area contributed by atoms with Crippen LogP contribution in [-0.2, 0) is 0 Å². The van der Waals surface area contributed by atoms with E-state index in [1.165, 1.54) is 12.8 Å². The third-order valence-corrected chi connectivity index (χ3v) is 1.32. The van der Waals surface area contributed by atoms with E-state index < -0.39 is 0 Å². The van der Waals surface area contributed by atoms with Crippen LogP contribution in [-0.4, -0.2) is 6.26 Å². The highest BCUT2D eigenvalue weighted by atomic mass is 32.1. The van der Waals surface area contributed by atoms with Crippen molar-refractivity contribution >= 4 is 12.6 Å². The maximum atomic E-state index is 3.53. The molecule has 0 fully saturated rings. The molecule has 0 radical (unpaired) electrons. The van der Waals surface area contributed by atoms with Gasteiger partial charge in [0.1, 0.15) is 0 Å². The van der Waals surface area contributed by atoms with Crippen molar-refractivity contribution in [1.29, 1.82) is 0 Å². The predicted molar refractivity (Wildman–Crippen MR) is 53.8 cm³/mol. The van der Waals surface area contributed by atoms with Crippen LogP contribution in [0.4, 0.5) is 0 Å². The average Bonchev–Trinajstić information content (AvgIpc) is 1.89. The molecular formula is C9H22S. The lowest BCUT2D eigenvalue weighted by Crippen LogP contribution is -1.91. The summed E-state index contributed by atoms with van der Waals surface area (Å²) in [6.45, 7) is 9.12. The Balaban J connectivity index is 0. The minimum Gasteiger partial charge on any atom is -0.183 e. The van der Waals surface area contributed by atoms with E-state index in [2.05, 4.69) is 40.3 Å². The van der Waals surface area contributed by atoms with Gasteiger partial charge in [-0.25, -0.2) is 0 Å². The van der Waals surface area contributed by atoms with Crippen molar-refractivity contribution in [3.63, 3.8) is 0 Å². The van der Waals surface area contributed by atoms with Crippen molar-refractivity contribution in [3.8, 4) is 0 Å². The van der Waals surface area contributed by atoms with E-state index in [0.29, 0.717) is 0 Å². The fourth-order valence-corrected chi connectivity index (χ4v) is 0.667. The van der Waals surface area contributed by atoms with Crippen molar-refractivity contribution in [2.45, 2.75) is 40.5 Å². The van der Waals surface area contributed by atoms with E-state index >= 15 is 0 Å². The Bertz CT molecular complexity index is 40.7. The summed E-state index contributed by atoms with van der Waals surface area (Å²) in [5.74, 6) is 1.77. The van der Waals surface area contributed by atoms with Gasteiger partial charge in [0.25, 0.3) is 0 Å². The zero-order valence-electron chi connectivity index (χ0n) is 8.02. The minimum absolute atomic E-state index is 0.886. The van der Waals surface area contributed by atoms with E-state index in [0.717, 1.165) is 11.8 Å². The molecule has 0 rings (SSSR count). The average molecular weight is 162 g/mol. The molecule has 0 heterocycles. The maximum absolute atomic E-state index is 3.53. The lowest BCUT2D eigenvalue weighted by atomic mass is 10.0. The van der Waals surface area contributed by atoms with Crippen molar-refractivity contribution in [2.24, 2.45) is 11.8 Å². The van der Waals surface area contributed by atoms with Gasteiger partial charge in [-0.2, -0.15) is 12.6 Å². The Morgan fingerprint density at radius 3 is 1.10 bits per heavy atom. The van der Waals surface area contributed by atoms with Crippen molar-refractivity contribution in [2.75, 3.05) is 6.26 Å². The standard InChI is InChI=1S/C8H18.CH4S/c1-7(2)5-6-8(3)4;1-2/h7-8H,5-6H2,1-4H3;2H,1H3. The van der Waals surface area contributed by atoms with Gasteiger partial charge in [0.05, 0.1) is 0 Å². The van der Waals surface area contributed by atoms with Crippen LogP contribution < -0.4 is 0 Å². The fraction of sp³-hybridized carbons (Fsp3) is 1.00. The minimum atomic E-state index is 0.886. The van der Waals surface area contributed by atoms with Gasteiger partial charge in [-0.3, -0.25) is 0 Å². The first kappa shape index (κ1) is 13.0. The molecule has 0 saturated carbocycles. The summed E-state index contributed by atoms with van der Waals surface area (Å²) in [6, 6.07) is 0. The van der Waals surface area contributed by atoms with Gasteiger partial charge in [0, 0.05) is 0 Å². The summed E-state index contributed by atoms with van der Waals surface area (Å²) in [5, 5.41) is 0. The molecule has 0 aliphatic heterocycles. The fourth-order valence-electron chi connectivity index (χ4n) is 0.667. The second-order valence-corrected chi connectivity index (χ2v) is 3.37. The lowest BCUT2D eigenvalue weighted by molar-refractivity contribution is 0.476. The van der Waals surface area contributed by atoms with Gasteiger partial charge >= 0.3 is 0 Å². The van der Waals surface area contributed by atoms with Gasteiger partial charge in [0.15, 0.2) is 0 Å². The summed E-state index contributed by atoms with van der Waals surface area (Å²) >= 11 is 3.53. The molecule has 0 bridgehead atoms. The second-order valence-electron chi connectivity index (χ2n) is 3.37. The molecule has 0 aliphatic carbocycles. The number of hydrogen-bond acceptors (Lipinski definition) is 1. The molecule has 0 N–H and O–H groups in total. The largest absolute Gasteiger partial charge is 0.183 e. The van der Waals surface area contributed by atoms with E-state index in [4.69, 9.17) is 0 Å². The maximum Gasteiger partial charge on any atom is -0.0215 e. The Hall–Kier alpha value is 0.350. The zero-order chi connectivity index (χ0) is 8.57. The Morgan fingerprint density at radius 1 is 0.800 bits per heavy atom. The normalized spacial score (nSPS) is 9.60. The van der Waals surface area contributed by atoms with Gasteiger partial charge in [-0.05, 0) is 18.1 Å². The summed E-state index contributed by atoms with van der Waals surface area (Å²) < 4.78 is 0. The summed E-state index contributed by atoms with van der Waals surface area (Å²) in [7, 11) is 0. The first-order chi connectivity index (χ1) is 4.63. The van der Waals surface area contributed by atoms with Crippen molar-refractivity contribution in [1.82, 2.24) is 0 Å². The molecule has 10 heavy (non-hydrogen) atoms. The Labute approximate surface area is 71.8 Å². The Morgan fingerprint density at radius 2 is 1.00 bits per heavy atom. The molecule has 0 aromatic rings. The topological polar surface area (TPSA) is 0 Å². The molecule has 1 heteroatoms. The van der Waals surface area contributed by atoms with Crippen molar-refractivity contribution in [3.05, 3.63) is 0 Å². The number of rotatable bonds is 3. The first-order valence-electron chi connectivity index (χ1n) is 4.07. The molecular weight excluding hydrogens is 140 g/mol. The van der Waals surface area contributed by atoms with E-state index in [1.54, 1.807) is 6.26 Å². The number of hydrogen-bond donors (Lipinski definition) is 1. The third-order valence-electron chi connectivity index (χ3n) is 1.32. The third kappa shape index (κ3) is 15.8. The molecule has 0 aliphatic rings. The predicted octanol–water partition coefficient (Wildman–Crippen LogP) is 3.62. The SMILES string of the molecule is CC(C)CCC(C)C.CS. The molecule has 0 nitrogen and oxygen atoms in total. The lowest BCUT2D eigenvalue weighted by Gasteiger charge is -2.05. The van der Waals surface area contributed by atoms with Gasteiger partial charge in [0.2, 0.25) is 0 Å². The molecule has 0 aromatic carbocycles. The number of thiol groups is 1. The highest BCUT2D eigenvalue weighted by molar-refractivity contribution is 7.79. The summed E-state index contributed by atoms with van der Waals surface area (Å²) in [6.07, 6.45) is 4.47. The molecule has 0 amide bonds. The summed E-state index contributed by atoms with van der Waals surface area (Å²) in [5.41, 5.74) is 0. The monoisotopic (exact) mass is 162 g/mol. The zero-order valence-corrected chi connectivity index (χ0v) is 8.91. The van der Waals surface area contributed by atoms with Crippen LogP contribution in [0.3, 0.4) is 0 Å². The van der Waals surface area contributed by atoms with E-state index in [9.17, 15) is 0 Å². The first-order valence-corrected chi connectivity index (χ1v) is 4.97. The molecule has 0 unspecified atom stereocenters. The van der Waals surface area contributed by atoms with Gasteiger partial charge in [-0.1, -0.05) is 40.5 Å². The molecule has 64 valence electrons. The smallest absolute Gasteiger partial charge is 0.0215 e. The van der Waals surface area contributed by atoms with Crippen LogP contribution in [0.15, 0.2) is 0 Å². The van der Waals surface area contributed by atoms with Gasteiger partial charge in [-0.15, -0.1) is 0 Å². The van der Waals surface area contributed by atoms with Crippen LogP contribution >= 0.6 is 12.6 Å². The highest BCUT2D eigenvalue weighted by Gasteiger charge is 1.95. The quantitative estimate of drug-likeness (QED) is 0.602. The van der Waals surface area contributed by atoms with Crippen LogP contribution in [0.2, 0.25) is 0 Å². The van der Waals surface area contributed by atoms with Gasteiger partial charge < -0.3 is 0 Å². The van der Waals surface area contributed by atoms with Crippen LogP contribution in [0.5, 0.6) is 0 Å². The molecule has 0 saturated heterocycles. The molecule has 0 spiro atoms. The van der Waals surface area contributed by atoms with E-state index in [-0.39, 0.29) is 0 Å². The highest BCUT2D eigenvalue weighted by Crippen LogP contribution is 2.09. The van der Waals surface area contributed by atoms with Crippen molar-refractivity contribution < 1.29 is 0 Å². The van der Waals surface area contributed by atoms with Crippen LogP contribution in [0.1, 0.15) is 40.5 Å². The van der Waals surface area contributed by atoms with E-state index in [1.807, 2.05) is 0 Å². The Kier molecular flexibility index (Phi) is 12.1. The molecule has 0 atom stereocenters. The molecule has 0 aromatic heterocycles. The van der Waals surface area contributed by atoms with Crippen LogP contribution in [0.25, 0.3) is 0 Å². The summed E-state index contributed by atoms with van der Waals surface area (Å²) in [4.78, 5) is 0. The second kappa shape index (κ2) is 9.35. The van der Waals surface area contributed by atoms with Crippen LogP contribution in [0, 0.1) is 11.8 Å².